The van der Waals surface area contributed by atoms with Crippen LogP contribution in [0.4, 0.5) is 0 Å². The van der Waals surface area contributed by atoms with Gasteiger partial charge in [0, 0.05) is 37.4 Å². The second kappa shape index (κ2) is 9.65. The quantitative estimate of drug-likeness (QED) is 0.342. The number of Topliss-reactive ketones (excluding diaryl/α,β-unsaturated/α-hetero) is 1. The van der Waals surface area contributed by atoms with E-state index in [1.807, 2.05) is 36.1 Å². The molecule has 3 N–H and O–H groups in total. The summed E-state index contributed by atoms with van der Waals surface area (Å²) in [6.45, 7) is 3.28. The van der Waals surface area contributed by atoms with Crippen molar-refractivity contribution < 1.29 is 14.4 Å². The van der Waals surface area contributed by atoms with E-state index in [1.54, 1.807) is 12.1 Å². The van der Waals surface area contributed by atoms with Crippen molar-refractivity contribution in [2.24, 2.45) is 16.8 Å². The van der Waals surface area contributed by atoms with E-state index in [9.17, 15) is 9.59 Å². The number of benzene rings is 1. The van der Waals surface area contributed by atoms with Crippen molar-refractivity contribution in [1.82, 2.24) is 4.90 Å². The minimum atomic E-state index is -0.526. The molecule has 0 radical (unpaired) electrons. The lowest BCUT2D eigenvalue weighted by molar-refractivity contribution is -0.122. The SMILES string of the molecule is CC1(CCC(=O)c2ccc(Cl)s2)CC(c2ccc(C(=N)N3CCC(C(N)=O)CC3)cc2)=NO1. The van der Waals surface area contributed by atoms with Crippen molar-refractivity contribution in [3.8, 4) is 0 Å². The molecule has 0 saturated carbocycles. The van der Waals surface area contributed by atoms with Crippen LogP contribution >= 0.6 is 22.9 Å². The molecular weight excluding hydrogens is 460 g/mol. The number of piperidine rings is 1. The van der Waals surface area contributed by atoms with Crippen molar-refractivity contribution in [3.05, 3.63) is 56.7 Å². The van der Waals surface area contributed by atoms with Gasteiger partial charge in [0.25, 0.3) is 0 Å². The Morgan fingerprint density at radius 2 is 1.94 bits per heavy atom. The first-order valence-electron chi connectivity index (χ1n) is 11.0. The average molecular weight is 487 g/mol. The molecule has 1 aromatic heterocycles. The fraction of sp³-hybridized carbons (Fsp3) is 0.417. The third kappa shape index (κ3) is 5.45. The molecule has 9 heteroatoms. The molecule has 0 aliphatic carbocycles. The molecule has 1 unspecified atom stereocenters. The van der Waals surface area contributed by atoms with Gasteiger partial charge in [-0.05, 0) is 43.9 Å². The first kappa shape index (κ1) is 23.4. The van der Waals surface area contributed by atoms with E-state index in [4.69, 9.17) is 27.6 Å². The minimum absolute atomic E-state index is 0.0629. The molecular formula is C24H27ClN4O3S. The monoisotopic (exact) mass is 486 g/mol. The van der Waals surface area contributed by atoms with Crippen molar-refractivity contribution in [1.29, 1.82) is 5.41 Å². The number of rotatable bonds is 7. The van der Waals surface area contributed by atoms with Crippen LogP contribution < -0.4 is 5.73 Å². The van der Waals surface area contributed by atoms with E-state index in [1.165, 1.54) is 11.3 Å². The van der Waals surface area contributed by atoms with Crippen LogP contribution in [-0.2, 0) is 9.63 Å². The number of carbonyl (C=O) groups is 2. The molecule has 1 atom stereocenters. The Morgan fingerprint density at radius 1 is 1.24 bits per heavy atom. The Bertz CT molecular complexity index is 1090. The van der Waals surface area contributed by atoms with Gasteiger partial charge in [-0.15, -0.1) is 11.3 Å². The zero-order valence-electron chi connectivity index (χ0n) is 18.5. The number of thiophene rings is 1. The molecule has 0 bridgehead atoms. The van der Waals surface area contributed by atoms with E-state index < -0.39 is 5.60 Å². The molecule has 2 aromatic rings. The molecule has 1 saturated heterocycles. The van der Waals surface area contributed by atoms with Crippen molar-refractivity contribution in [2.75, 3.05) is 13.1 Å². The van der Waals surface area contributed by atoms with E-state index in [0.717, 1.165) is 16.8 Å². The fourth-order valence-electron chi connectivity index (χ4n) is 4.23. The summed E-state index contributed by atoms with van der Waals surface area (Å²) >= 11 is 7.22. The zero-order valence-corrected chi connectivity index (χ0v) is 20.0. The number of amides is 1. The number of nitrogens with one attached hydrogen (secondary N) is 1. The van der Waals surface area contributed by atoms with Gasteiger partial charge in [0.2, 0.25) is 5.91 Å². The van der Waals surface area contributed by atoms with Gasteiger partial charge in [0.1, 0.15) is 11.4 Å². The predicted molar refractivity (Wildman–Crippen MR) is 130 cm³/mol. The number of nitrogens with two attached hydrogens (primary N) is 1. The number of hydrogen-bond donors (Lipinski definition) is 2. The Morgan fingerprint density at radius 3 is 2.55 bits per heavy atom. The summed E-state index contributed by atoms with van der Waals surface area (Å²) in [6.07, 6.45) is 2.93. The van der Waals surface area contributed by atoms with Gasteiger partial charge < -0.3 is 15.5 Å². The zero-order chi connectivity index (χ0) is 23.6. The van der Waals surface area contributed by atoms with Crippen LogP contribution in [0.2, 0.25) is 4.34 Å². The van der Waals surface area contributed by atoms with Crippen LogP contribution in [0, 0.1) is 11.3 Å². The molecule has 0 spiro atoms. The number of amidine groups is 1. The van der Waals surface area contributed by atoms with Crippen molar-refractivity contribution in [3.63, 3.8) is 0 Å². The standard InChI is InChI=1S/C24H27ClN4O3S/c1-24(11-8-19(30)20-6-7-21(25)33-20)14-18(28-32-24)15-2-4-16(5-3-15)22(26)29-12-9-17(10-13-29)23(27)31/h2-7,17,26H,8-14H2,1H3,(H2,27,31). The average Bonchev–Trinajstić information content (AvgIpc) is 3.43. The molecule has 3 heterocycles. The predicted octanol–water partition coefficient (Wildman–Crippen LogP) is 4.47. The number of likely N-dealkylation sites (tertiary alicyclic amines) is 1. The van der Waals surface area contributed by atoms with Gasteiger partial charge in [-0.1, -0.05) is 41.0 Å². The molecule has 1 amide bonds. The summed E-state index contributed by atoms with van der Waals surface area (Å²) in [4.78, 5) is 32.1. The summed E-state index contributed by atoms with van der Waals surface area (Å²) < 4.78 is 0.610. The number of carbonyl (C=O) groups excluding carboxylic acids is 2. The van der Waals surface area contributed by atoms with Crippen molar-refractivity contribution in [2.45, 2.75) is 44.6 Å². The number of primary amides is 1. The van der Waals surface area contributed by atoms with Crippen LogP contribution in [0.25, 0.3) is 0 Å². The number of oxime groups is 1. The van der Waals surface area contributed by atoms with Crippen molar-refractivity contribution >= 4 is 46.2 Å². The Hall–Kier alpha value is -2.71. The first-order chi connectivity index (χ1) is 15.7. The molecule has 7 nitrogen and oxygen atoms in total. The maximum absolute atomic E-state index is 12.4. The van der Waals surface area contributed by atoms with E-state index in [-0.39, 0.29) is 17.6 Å². The van der Waals surface area contributed by atoms with Crippen LogP contribution in [-0.4, -0.2) is 46.8 Å². The minimum Gasteiger partial charge on any atom is -0.389 e. The lowest BCUT2D eigenvalue weighted by atomic mass is 9.90. The maximum Gasteiger partial charge on any atom is 0.220 e. The molecule has 33 heavy (non-hydrogen) atoms. The van der Waals surface area contributed by atoms with Gasteiger partial charge in [-0.25, -0.2) is 0 Å². The van der Waals surface area contributed by atoms with Gasteiger partial charge in [-0.3, -0.25) is 15.0 Å². The number of ketones is 1. The van der Waals surface area contributed by atoms with Crippen LogP contribution in [0.1, 0.15) is 59.8 Å². The molecule has 4 rings (SSSR count). The second-order valence-corrected chi connectivity index (χ2v) is 10.6. The fourth-order valence-corrected chi connectivity index (χ4v) is 5.24. The topological polar surface area (TPSA) is 109 Å². The van der Waals surface area contributed by atoms with Crippen LogP contribution in [0.5, 0.6) is 0 Å². The maximum atomic E-state index is 12.4. The van der Waals surface area contributed by atoms with Crippen LogP contribution in [0.15, 0.2) is 41.6 Å². The van der Waals surface area contributed by atoms with Gasteiger partial charge in [-0.2, -0.15) is 0 Å². The highest BCUT2D eigenvalue weighted by Gasteiger charge is 2.35. The van der Waals surface area contributed by atoms with E-state index in [0.29, 0.717) is 60.2 Å². The summed E-state index contributed by atoms with van der Waals surface area (Å²) in [5.41, 5.74) is 7.48. The largest absolute Gasteiger partial charge is 0.389 e. The first-order valence-corrected chi connectivity index (χ1v) is 12.2. The highest BCUT2D eigenvalue weighted by atomic mass is 35.5. The number of halogens is 1. The van der Waals surface area contributed by atoms with Gasteiger partial charge >= 0.3 is 0 Å². The third-order valence-electron chi connectivity index (χ3n) is 6.35. The van der Waals surface area contributed by atoms with E-state index in [2.05, 4.69) is 5.16 Å². The number of nitrogens with zero attached hydrogens (tertiary/aromatic N) is 2. The number of hydrogen-bond acceptors (Lipinski definition) is 6. The summed E-state index contributed by atoms with van der Waals surface area (Å²) in [5.74, 6) is 0.168. The molecule has 2 aliphatic heterocycles. The second-order valence-electron chi connectivity index (χ2n) is 8.87. The van der Waals surface area contributed by atoms with Gasteiger partial charge in [0.15, 0.2) is 5.78 Å². The molecule has 174 valence electrons. The van der Waals surface area contributed by atoms with Gasteiger partial charge in [0.05, 0.1) is 14.9 Å². The summed E-state index contributed by atoms with van der Waals surface area (Å²) in [6, 6.07) is 11.2. The molecule has 2 aliphatic rings. The van der Waals surface area contributed by atoms with Crippen LogP contribution in [0.3, 0.4) is 0 Å². The smallest absolute Gasteiger partial charge is 0.220 e. The summed E-state index contributed by atoms with van der Waals surface area (Å²) in [7, 11) is 0. The Balaban J connectivity index is 1.31. The molecule has 1 aromatic carbocycles. The highest BCUT2D eigenvalue weighted by Crippen LogP contribution is 2.32. The Labute approximate surface area is 202 Å². The lowest BCUT2D eigenvalue weighted by Crippen LogP contribution is -2.41. The Kier molecular flexibility index (Phi) is 6.86. The normalized spacial score (nSPS) is 20.9. The lowest BCUT2D eigenvalue weighted by Gasteiger charge is -2.32. The third-order valence-corrected chi connectivity index (χ3v) is 7.62. The van der Waals surface area contributed by atoms with E-state index >= 15 is 0 Å². The highest BCUT2D eigenvalue weighted by molar-refractivity contribution is 7.18. The summed E-state index contributed by atoms with van der Waals surface area (Å²) in [5, 5.41) is 12.8. The molecule has 1 fully saturated rings.